The normalized spacial score (nSPS) is 28.2. The lowest BCUT2D eigenvalue weighted by Crippen LogP contribution is -2.53. The molecular formula is C25H22ClN5O4S. The number of anilines is 2. The van der Waals surface area contributed by atoms with Crippen LogP contribution in [0.4, 0.5) is 10.7 Å². The van der Waals surface area contributed by atoms with Crippen molar-refractivity contribution < 1.29 is 19.2 Å². The Hall–Kier alpha value is -3.26. The number of rotatable bonds is 3. The zero-order chi connectivity index (χ0) is 25.5. The number of hydrogen-bond acceptors (Lipinski definition) is 7. The first-order chi connectivity index (χ1) is 17.2. The van der Waals surface area contributed by atoms with Gasteiger partial charge < -0.3 is 11.1 Å². The molecule has 11 heteroatoms. The Morgan fingerprint density at radius 2 is 2.03 bits per heavy atom. The van der Waals surface area contributed by atoms with E-state index in [0.29, 0.717) is 26.8 Å². The zero-order valence-corrected chi connectivity index (χ0v) is 20.9. The third kappa shape index (κ3) is 2.91. The van der Waals surface area contributed by atoms with Crippen LogP contribution in [0, 0.1) is 30.1 Å². The molecule has 6 rings (SSSR count). The van der Waals surface area contributed by atoms with Gasteiger partial charge >= 0.3 is 0 Å². The highest BCUT2D eigenvalue weighted by Gasteiger charge is 2.71. The Kier molecular flexibility index (Phi) is 5.06. The van der Waals surface area contributed by atoms with Gasteiger partial charge in [-0.3, -0.25) is 24.5 Å². The van der Waals surface area contributed by atoms with Crippen LogP contribution >= 0.6 is 22.9 Å². The lowest BCUT2D eigenvalue weighted by atomic mass is 9.76. The second-order valence-electron chi connectivity index (χ2n) is 9.87. The van der Waals surface area contributed by atoms with Gasteiger partial charge in [-0.2, -0.15) is 5.26 Å². The minimum absolute atomic E-state index is 0.232. The number of nitrogens with one attached hydrogen (secondary N) is 2. The molecule has 0 saturated carbocycles. The first-order valence-corrected chi connectivity index (χ1v) is 13.0. The van der Waals surface area contributed by atoms with Crippen molar-refractivity contribution in [2.45, 2.75) is 50.6 Å². The average Bonchev–Trinajstić information content (AvgIpc) is 3.50. The molecule has 2 saturated heterocycles. The summed E-state index contributed by atoms with van der Waals surface area (Å²) in [7, 11) is 0. The van der Waals surface area contributed by atoms with E-state index in [2.05, 4.69) is 16.7 Å². The lowest BCUT2D eigenvalue weighted by molar-refractivity contribution is -0.130. The second-order valence-corrected chi connectivity index (χ2v) is 11.4. The number of thiophene rings is 1. The number of primary amides is 1. The summed E-state index contributed by atoms with van der Waals surface area (Å²) in [6.07, 6.45) is 3.21. The number of aryl methyl sites for hydroxylation is 2. The fraction of sp³-hybridized carbons (Fsp3) is 0.400. The van der Waals surface area contributed by atoms with Gasteiger partial charge in [0.1, 0.15) is 16.6 Å². The highest BCUT2D eigenvalue weighted by Crippen LogP contribution is 2.56. The Morgan fingerprint density at radius 3 is 2.75 bits per heavy atom. The predicted octanol–water partition coefficient (Wildman–Crippen LogP) is 2.26. The first kappa shape index (κ1) is 23.2. The van der Waals surface area contributed by atoms with E-state index < -0.39 is 47.0 Å². The summed E-state index contributed by atoms with van der Waals surface area (Å²) < 4.78 is 0. The summed E-state index contributed by atoms with van der Waals surface area (Å²) in [5, 5.41) is 16.5. The third-order valence-corrected chi connectivity index (χ3v) is 9.38. The Labute approximate surface area is 215 Å². The number of fused-ring (bicyclic) bond motifs is 5. The van der Waals surface area contributed by atoms with Crippen LogP contribution in [-0.2, 0) is 37.6 Å². The van der Waals surface area contributed by atoms with Crippen molar-refractivity contribution in [3.8, 4) is 6.07 Å². The predicted molar refractivity (Wildman–Crippen MR) is 132 cm³/mol. The zero-order valence-electron chi connectivity index (χ0n) is 19.3. The van der Waals surface area contributed by atoms with Gasteiger partial charge in [-0.1, -0.05) is 17.7 Å². The van der Waals surface area contributed by atoms with Crippen molar-refractivity contribution in [2.24, 2.45) is 17.6 Å². The molecule has 2 aromatic rings. The third-order valence-electron chi connectivity index (χ3n) is 7.81. The SMILES string of the molecule is Cc1cc(Cl)c2c(c1)[C@@]1(N[C@H](CC(N)=O)[C@H]3C(=O)N(c4sc5c(c4C#N)CCCC5)C(=O)[C@H]31)C(=O)N2. The van der Waals surface area contributed by atoms with E-state index in [0.717, 1.165) is 46.6 Å². The van der Waals surface area contributed by atoms with Gasteiger partial charge in [0, 0.05) is 22.9 Å². The molecule has 2 fully saturated rings. The Morgan fingerprint density at radius 1 is 1.28 bits per heavy atom. The van der Waals surface area contributed by atoms with E-state index in [1.165, 1.54) is 11.3 Å². The molecule has 184 valence electrons. The molecule has 0 bridgehead atoms. The molecule has 0 unspecified atom stereocenters. The molecule has 0 radical (unpaired) electrons. The number of nitrogens with zero attached hydrogens (tertiary/aromatic N) is 2. The van der Waals surface area contributed by atoms with Crippen LogP contribution in [0.5, 0.6) is 0 Å². The van der Waals surface area contributed by atoms with Crippen LogP contribution in [0.3, 0.4) is 0 Å². The van der Waals surface area contributed by atoms with Crippen molar-refractivity contribution in [1.29, 1.82) is 5.26 Å². The number of halogens is 1. The topological polar surface area (TPSA) is 145 Å². The Balaban J connectivity index is 1.54. The highest BCUT2D eigenvalue weighted by atomic mass is 35.5. The number of carbonyl (C=O) groups excluding carboxylic acids is 4. The molecule has 3 aliphatic heterocycles. The minimum Gasteiger partial charge on any atom is -0.370 e. The molecule has 36 heavy (non-hydrogen) atoms. The van der Waals surface area contributed by atoms with E-state index in [1.54, 1.807) is 12.1 Å². The number of benzene rings is 1. The van der Waals surface area contributed by atoms with Gasteiger partial charge in [0.2, 0.25) is 23.6 Å². The van der Waals surface area contributed by atoms with E-state index in [4.69, 9.17) is 17.3 Å². The number of carbonyl (C=O) groups is 4. The van der Waals surface area contributed by atoms with Crippen LogP contribution in [0.25, 0.3) is 0 Å². The molecule has 1 spiro atoms. The van der Waals surface area contributed by atoms with Gasteiger partial charge in [-0.25, -0.2) is 4.90 Å². The van der Waals surface area contributed by atoms with E-state index in [-0.39, 0.29) is 6.42 Å². The van der Waals surface area contributed by atoms with E-state index in [1.807, 2.05) is 6.92 Å². The Bertz CT molecular complexity index is 1440. The summed E-state index contributed by atoms with van der Waals surface area (Å²) in [6.45, 7) is 1.82. The smallest absolute Gasteiger partial charge is 0.250 e. The van der Waals surface area contributed by atoms with Crippen molar-refractivity contribution in [3.63, 3.8) is 0 Å². The summed E-state index contributed by atoms with van der Waals surface area (Å²) in [4.78, 5) is 55.7. The number of imide groups is 1. The maximum Gasteiger partial charge on any atom is 0.250 e. The molecule has 4 amide bonds. The molecule has 4 atom stereocenters. The van der Waals surface area contributed by atoms with Crippen LogP contribution in [-0.4, -0.2) is 29.7 Å². The van der Waals surface area contributed by atoms with Crippen LogP contribution in [0.2, 0.25) is 5.02 Å². The number of nitrogens with two attached hydrogens (primary N) is 1. The largest absolute Gasteiger partial charge is 0.370 e. The highest BCUT2D eigenvalue weighted by molar-refractivity contribution is 7.17. The molecule has 4 heterocycles. The maximum absolute atomic E-state index is 14.1. The lowest BCUT2D eigenvalue weighted by Gasteiger charge is -2.29. The van der Waals surface area contributed by atoms with Gasteiger partial charge in [-0.15, -0.1) is 11.3 Å². The van der Waals surface area contributed by atoms with Gasteiger partial charge in [0.25, 0.3) is 0 Å². The molecule has 1 aromatic carbocycles. The molecule has 4 aliphatic rings. The summed E-state index contributed by atoms with van der Waals surface area (Å²) in [5.74, 6) is -4.41. The molecule has 9 nitrogen and oxygen atoms in total. The van der Waals surface area contributed by atoms with Gasteiger partial charge in [0.15, 0.2) is 0 Å². The second kappa shape index (κ2) is 7.87. The van der Waals surface area contributed by atoms with Crippen LogP contribution in [0.15, 0.2) is 12.1 Å². The van der Waals surface area contributed by atoms with Crippen LogP contribution < -0.4 is 21.3 Å². The summed E-state index contributed by atoms with van der Waals surface area (Å²) in [5.41, 5.74) is 6.77. The molecule has 1 aromatic heterocycles. The monoisotopic (exact) mass is 523 g/mol. The fourth-order valence-electron chi connectivity index (χ4n) is 6.41. The van der Waals surface area contributed by atoms with Crippen molar-refractivity contribution in [2.75, 3.05) is 10.2 Å². The van der Waals surface area contributed by atoms with E-state index in [9.17, 15) is 24.4 Å². The van der Waals surface area contributed by atoms with Crippen LogP contribution in [0.1, 0.15) is 46.4 Å². The minimum atomic E-state index is -1.60. The van der Waals surface area contributed by atoms with Crippen molar-refractivity contribution in [1.82, 2.24) is 5.32 Å². The van der Waals surface area contributed by atoms with Crippen molar-refractivity contribution in [3.05, 3.63) is 44.3 Å². The summed E-state index contributed by atoms with van der Waals surface area (Å²) >= 11 is 7.73. The van der Waals surface area contributed by atoms with Crippen molar-refractivity contribution >= 4 is 57.3 Å². The quantitative estimate of drug-likeness (QED) is 0.526. The molecular weight excluding hydrogens is 502 g/mol. The summed E-state index contributed by atoms with van der Waals surface area (Å²) in [6, 6.07) is 4.84. The first-order valence-electron chi connectivity index (χ1n) is 11.8. The number of hydrogen-bond donors (Lipinski definition) is 3. The number of amides is 4. The molecule has 1 aliphatic carbocycles. The maximum atomic E-state index is 14.1. The standard InChI is InChI=1S/C25H22ClN5O4S/c1-10-6-13-20(14(26)7-10)29-24(35)25(13)19-18(15(30-25)8-17(28)32)21(33)31(22(19)34)23-12(9-27)11-4-2-3-5-16(11)36-23/h6-7,15,18-19,30H,2-5,8H2,1H3,(H2,28,32)(H,29,35)/t15-,18-,19+,25+/m1/s1. The fourth-order valence-corrected chi connectivity index (χ4v) is 8.08. The molecule has 4 N–H and O–H groups in total. The average molecular weight is 524 g/mol. The number of nitriles is 1. The van der Waals surface area contributed by atoms with Gasteiger partial charge in [0.05, 0.1) is 28.1 Å². The van der Waals surface area contributed by atoms with E-state index >= 15 is 0 Å². The van der Waals surface area contributed by atoms with Gasteiger partial charge in [-0.05, 0) is 49.8 Å².